The first-order valence-electron chi connectivity index (χ1n) is 7.01. The maximum Gasteiger partial charge on any atom is 0.236 e. The van der Waals surface area contributed by atoms with E-state index in [4.69, 9.17) is 0 Å². The van der Waals surface area contributed by atoms with Crippen molar-refractivity contribution in [2.24, 2.45) is 5.92 Å². The molecule has 0 unspecified atom stereocenters. The number of rotatable bonds is 4. The van der Waals surface area contributed by atoms with Crippen LogP contribution in [-0.4, -0.2) is 47.4 Å². The molecule has 0 bridgehead atoms. The smallest absolute Gasteiger partial charge is 0.236 e. The molecule has 4 nitrogen and oxygen atoms in total. The molecule has 1 aliphatic rings. The molecule has 0 saturated carbocycles. The summed E-state index contributed by atoms with van der Waals surface area (Å²) < 4.78 is 0. The van der Waals surface area contributed by atoms with E-state index in [-0.39, 0.29) is 5.91 Å². The quantitative estimate of drug-likeness (QED) is 0.829. The van der Waals surface area contributed by atoms with Crippen LogP contribution in [0.25, 0.3) is 0 Å². The SMILES string of the molecule is CC1CCN(CC(=O)N(C)Cc2ccccn2)CC1. The Morgan fingerprint density at radius 3 is 2.79 bits per heavy atom. The molecule has 1 saturated heterocycles. The number of piperidine rings is 1. The van der Waals surface area contributed by atoms with Crippen LogP contribution in [0.3, 0.4) is 0 Å². The number of amides is 1. The van der Waals surface area contributed by atoms with Crippen molar-refractivity contribution < 1.29 is 4.79 Å². The van der Waals surface area contributed by atoms with Crippen LogP contribution >= 0.6 is 0 Å². The molecule has 0 aromatic carbocycles. The molecule has 0 atom stereocenters. The van der Waals surface area contributed by atoms with Crippen LogP contribution in [0.2, 0.25) is 0 Å². The fourth-order valence-corrected chi connectivity index (χ4v) is 2.36. The Morgan fingerprint density at radius 1 is 1.42 bits per heavy atom. The molecule has 1 fully saturated rings. The molecule has 1 aliphatic heterocycles. The lowest BCUT2D eigenvalue weighted by Gasteiger charge is -2.30. The molecule has 1 amide bonds. The van der Waals surface area contributed by atoms with Crippen LogP contribution < -0.4 is 0 Å². The average molecular weight is 261 g/mol. The van der Waals surface area contributed by atoms with Crippen LogP contribution in [0, 0.1) is 5.92 Å². The van der Waals surface area contributed by atoms with Crippen LogP contribution in [-0.2, 0) is 11.3 Å². The van der Waals surface area contributed by atoms with Crippen LogP contribution in [0.1, 0.15) is 25.5 Å². The number of hydrogen-bond donors (Lipinski definition) is 0. The largest absolute Gasteiger partial charge is 0.339 e. The van der Waals surface area contributed by atoms with Crippen molar-refractivity contribution in [1.29, 1.82) is 0 Å². The van der Waals surface area contributed by atoms with Crippen molar-refractivity contribution in [1.82, 2.24) is 14.8 Å². The van der Waals surface area contributed by atoms with Crippen LogP contribution in [0.15, 0.2) is 24.4 Å². The van der Waals surface area contributed by atoms with E-state index in [9.17, 15) is 4.79 Å². The number of pyridine rings is 1. The van der Waals surface area contributed by atoms with Gasteiger partial charge in [-0.15, -0.1) is 0 Å². The summed E-state index contributed by atoms with van der Waals surface area (Å²) >= 11 is 0. The highest BCUT2D eigenvalue weighted by Crippen LogP contribution is 2.15. The van der Waals surface area contributed by atoms with Gasteiger partial charge >= 0.3 is 0 Å². The summed E-state index contributed by atoms with van der Waals surface area (Å²) in [6.45, 7) is 5.50. The van der Waals surface area contributed by atoms with E-state index in [1.807, 2.05) is 25.2 Å². The van der Waals surface area contributed by atoms with Gasteiger partial charge in [0, 0.05) is 13.2 Å². The van der Waals surface area contributed by atoms with Crippen molar-refractivity contribution >= 4 is 5.91 Å². The molecule has 1 aromatic rings. The van der Waals surface area contributed by atoms with Gasteiger partial charge in [-0.2, -0.15) is 0 Å². The van der Waals surface area contributed by atoms with E-state index in [1.165, 1.54) is 12.8 Å². The molecular weight excluding hydrogens is 238 g/mol. The normalized spacial score (nSPS) is 17.4. The van der Waals surface area contributed by atoms with Gasteiger partial charge in [-0.3, -0.25) is 14.7 Å². The van der Waals surface area contributed by atoms with Crippen molar-refractivity contribution in [2.45, 2.75) is 26.3 Å². The summed E-state index contributed by atoms with van der Waals surface area (Å²) in [5, 5.41) is 0. The van der Waals surface area contributed by atoms with Crippen molar-refractivity contribution in [2.75, 3.05) is 26.7 Å². The zero-order chi connectivity index (χ0) is 13.7. The number of likely N-dealkylation sites (tertiary alicyclic amines) is 1. The highest BCUT2D eigenvalue weighted by molar-refractivity contribution is 5.77. The number of nitrogens with zero attached hydrogens (tertiary/aromatic N) is 3. The summed E-state index contributed by atoms with van der Waals surface area (Å²) in [6.07, 6.45) is 4.17. The van der Waals surface area contributed by atoms with Crippen molar-refractivity contribution in [3.63, 3.8) is 0 Å². The number of carbonyl (C=O) groups excluding carboxylic acids is 1. The molecule has 0 radical (unpaired) electrons. The van der Waals surface area contributed by atoms with Gasteiger partial charge in [-0.1, -0.05) is 13.0 Å². The minimum Gasteiger partial charge on any atom is -0.339 e. The lowest BCUT2D eigenvalue weighted by Crippen LogP contribution is -2.41. The standard InChI is InChI=1S/C15H23N3O/c1-13-6-9-18(10-7-13)12-15(19)17(2)11-14-5-3-4-8-16-14/h3-5,8,13H,6-7,9-12H2,1-2H3. The molecule has 0 aliphatic carbocycles. The third-order valence-electron chi connectivity index (χ3n) is 3.79. The predicted molar refractivity (Wildman–Crippen MR) is 75.5 cm³/mol. The highest BCUT2D eigenvalue weighted by atomic mass is 16.2. The van der Waals surface area contributed by atoms with E-state index in [2.05, 4.69) is 16.8 Å². The molecule has 4 heteroatoms. The van der Waals surface area contributed by atoms with Crippen molar-refractivity contribution in [3.05, 3.63) is 30.1 Å². The second kappa shape index (κ2) is 6.66. The number of aromatic nitrogens is 1. The van der Waals surface area contributed by atoms with Gasteiger partial charge in [-0.25, -0.2) is 0 Å². The third kappa shape index (κ3) is 4.31. The first-order chi connectivity index (χ1) is 9.15. The molecule has 0 N–H and O–H groups in total. The third-order valence-corrected chi connectivity index (χ3v) is 3.79. The summed E-state index contributed by atoms with van der Waals surface area (Å²) in [5.41, 5.74) is 0.936. The molecule has 2 rings (SSSR count). The van der Waals surface area contributed by atoms with Gasteiger partial charge in [0.1, 0.15) is 0 Å². The Hall–Kier alpha value is -1.42. The first-order valence-corrected chi connectivity index (χ1v) is 7.01. The van der Waals surface area contributed by atoms with Gasteiger partial charge in [0.15, 0.2) is 0 Å². The maximum absolute atomic E-state index is 12.2. The monoisotopic (exact) mass is 261 g/mol. The van der Waals surface area contributed by atoms with E-state index < -0.39 is 0 Å². The number of carbonyl (C=O) groups is 1. The topological polar surface area (TPSA) is 36.4 Å². The summed E-state index contributed by atoms with van der Waals surface area (Å²) in [4.78, 5) is 20.4. The maximum atomic E-state index is 12.2. The van der Waals surface area contributed by atoms with Gasteiger partial charge in [0.2, 0.25) is 5.91 Å². The summed E-state index contributed by atoms with van der Waals surface area (Å²) in [5.74, 6) is 0.984. The van der Waals surface area contributed by atoms with Gasteiger partial charge in [-0.05, 0) is 44.0 Å². The van der Waals surface area contributed by atoms with E-state index >= 15 is 0 Å². The Balaban J connectivity index is 1.79. The molecule has 1 aromatic heterocycles. The van der Waals surface area contributed by atoms with E-state index in [0.29, 0.717) is 13.1 Å². The Labute approximate surface area is 115 Å². The highest BCUT2D eigenvalue weighted by Gasteiger charge is 2.19. The Kier molecular flexibility index (Phi) is 4.91. The lowest BCUT2D eigenvalue weighted by atomic mass is 9.99. The van der Waals surface area contributed by atoms with Crippen LogP contribution in [0.5, 0.6) is 0 Å². The zero-order valence-electron chi connectivity index (χ0n) is 11.9. The molecule has 19 heavy (non-hydrogen) atoms. The fourth-order valence-electron chi connectivity index (χ4n) is 2.36. The number of hydrogen-bond acceptors (Lipinski definition) is 3. The summed E-state index contributed by atoms with van der Waals surface area (Å²) in [6, 6.07) is 5.79. The van der Waals surface area contributed by atoms with Gasteiger partial charge < -0.3 is 4.90 Å². The zero-order valence-corrected chi connectivity index (χ0v) is 11.9. The second-order valence-electron chi connectivity index (χ2n) is 5.53. The molecule has 0 spiro atoms. The van der Waals surface area contributed by atoms with Crippen molar-refractivity contribution in [3.8, 4) is 0 Å². The number of likely N-dealkylation sites (N-methyl/N-ethyl adjacent to an activating group) is 1. The van der Waals surface area contributed by atoms with E-state index in [1.54, 1.807) is 11.1 Å². The Bertz CT molecular complexity index is 399. The first kappa shape index (κ1) is 14.0. The minimum absolute atomic E-state index is 0.181. The predicted octanol–water partition coefficient (Wildman–Crippen LogP) is 1.77. The van der Waals surface area contributed by atoms with Gasteiger partial charge in [0.25, 0.3) is 0 Å². The molecule has 2 heterocycles. The Morgan fingerprint density at radius 2 is 2.16 bits per heavy atom. The minimum atomic E-state index is 0.181. The van der Waals surface area contributed by atoms with Crippen LogP contribution in [0.4, 0.5) is 0 Å². The van der Waals surface area contributed by atoms with Gasteiger partial charge in [0.05, 0.1) is 18.8 Å². The summed E-state index contributed by atoms with van der Waals surface area (Å²) in [7, 11) is 1.85. The second-order valence-corrected chi connectivity index (χ2v) is 5.53. The molecule has 104 valence electrons. The van der Waals surface area contributed by atoms with E-state index in [0.717, 1.165) is 24.7 Å². The average Bonchev–Trinajstić information content (AvgIpc) is 2.42. The fraction of sp³-hybridized carbons (Fsp3) is 0.600. The lowest BCUT2D eigenvalue weighted by molar-refractivity contribution is -0.132. The molecular formula is C15H23N3O.